The van der Waals surface area contributed by atoms with Crippen LogP contribution in [0, 0.1) is 0 Å². The highest BCUT2D eigenvalue weighted by molar-refractivity contribution is 7.95. The molecule has 22 heavy (non-hydrogen) atoms. The number of ether oxygens (including phenoxy) is 1. The van der Waals surface area contributed by atoms with Crippen LogP contribution in [0.25, 0.3) is 0 Å². The Morgan fingerprint density at radius 2 is 1.73 bits per heavy atom. The lowest BCUT2D eigenvalue weighted by Crippen LogP contribution is -1.98. The number of benzene rings is 2. The molecule has 0 fully saturated rings. The van der Waals surface area contributed by atoms with Gasteiger partial charge in [0.25, 0.3) is 0 Å². The van der Waals surface area contributed by atoms with Crippen molar-refractivity contribution in [3.63, 3.8) is 0 Å². The third-order valence-corrected chi connectivity index (χ3v) is 3.83. The molecule has 0 atom stereocenters. The van der Waals surface area contributed by atoms with Crippen molar-refractivity contribution in [3.8, 4) is 5.75 Å². The van der Waals surface area contributed by atoms with Crippen molar-refractivity contribution in [2.24, 2.45) is 0 Å². The van der Waals surface area contributed by atoms with E-state index >= 15 is 0 Å². The first-order valence-electron chi connectivity index (χ1n) is 7.36. The molecule has 0 spiro atoms. The van der Waals surface area contributed by atoms with E-state index in [4.69, 9.17) is 8.92 Å². The Hall–Kier alpha value is -1.94. The van der Waals surface area contributed by atoms with Crippen LogP contribution in [-0.2, 0) is 15.4 Å². The Morgan fingerprint density at radius 3 is 2.41 bits per heavy atom. The Bertz CT molecular complexity index is 567. The molecule has 0 unspecified atom stereocenters. The van der Waals surface area contributed by atoms with Gasteiger partial charge in [-0.2, -0.15) is 0 Å². The van der Waals surface area contributed by atoms with E-state index < -0.39 is 0 Å². The highest BCUT2D eigenvalue weighted by atomic mass is 32.2. The van der Waals surface area contributed by atoms with E-state index in [0.717, 1.165) is 42.0 Å². The molecule has 2 aromatic carbocycles. The zero-order valence-electron chi connectivity index (χ0n) is 12.7. The molecule has 0 aliphatic rings. The summed E-state index contributed by atoms with van der Waals surface area (Å²) in [5.41, 5.74) is 1.37. The molecule has 2 rings (SSSR count). The topological polar surface area (TPSA) is 35.5 Å². The maximum Gasteiger partial charge on any atom is 0.315 e. The second-order valence-electron chi connectivity index (χ2n) is 4.92. The maximum atomic E-state index is 10.7. The molecule has 0 saturated heterocycles. The number of aryl methyl sites for hydroxylation is 1. The van der Waals surface area contributed by atoms with Crippen LogP contribution in [0.5, 0.6) is 5.75 Å². The van der Waals surface area contributed by atoms with Crippen molar-refractivity contribution in [2.45, 2.75) is 31.1 Å². The highest BCUT2D eigenvalue weighted by Gasteiger charge is 2.00. The second kappa shape index (κ2) is 9.15. The third kappa shape index (κ3) is 6.22. The molecule has 0 bridgehead atoms. The zero-order valence-corrected chi connectivity index (χ0v) is 13.5. The van der Waals surface area contributed by atoms with Gasteiger partial charge in [-0.3, -0.25) is 4.79 Å². The molecule has 0 aromatic heterocycles. The molecule has 0 heterocycles. The predicted molar refractivity (Wildman–Crippen MR) is 88.9 cm³/mol. The van der Waals surface area contributed by atoms with Gasteiger partial charge in [0.2, 0.25) is 0 Å². The third-order valence-electron chi connectivity index (χ3n) is 3.05. The minimum atomic E-state index is -0.302. The predicted octanol–water partition coefficient (Wildman–Crippen LogP) is 4.66. The molecule has 0 aliphatic carbocycles. The van der Waals surface area contributed by atoms with Crippen molar-refractivity contribution >= 4 is 18.0 Å². The van der Waals surface area contributed by atoms with Gasteiger partial charge in [-0.05, 0) is 49.1 Å². The van der Waals surface area contributed by atoms with Gasteiger partial charge in [0.1, 0.15) is 5.75 Å². The summed E-state index contributed by atoms with van der Waals surface area (Å²) in [6, 6.07) is 18.0. The van der Waals surface area contributed by atoms with E-state index in [1.165, 1.54) is 12.5 Å². The molecule has 2 aromatic rings. The van der Waals surface area contributed by atoms with Crippen LogP contribution in [-0.4, -0.2) is 12.6 Å². The Labute approximate surface area is 135 Å². The minimum absolute atomic E-state index is 0.302. The fraction of sp³-hybridized carbons (Fsp3) is 0.278. The molecule has 0 aliphatic heterocycles. The summed E-state index contributed by atoms with van der Waals surface area (Å²) in [4.78, 5) is 11.6. The number of carbonyl (C=O) groups excluding carboxylic acids is 1. The van der Waals surface area contributed by atoms with E-state index in [1.807, 2.05) is 30.3 Å². The molecule has 0 radical (unpaired) electrons. The lowest BCUT2D eigenvalue weighted by molar-refractivity contribution is -0.130. The zero-order chi connectivity index (χ0) is 15.6. The fourth-order valence-corrected chi connectivity index (χ4v) is 2.42. The van der Waals surface area contributed by atoms with Gasteiger partial charge in [-0.15, -0.1) is 0 Å². The Morgan fingerprint density at radius 1 is 1.00 bits per heavy atom. The van der Waals surface area contributed by atoms with Gasteiger partial charge < -0.3 is 8.92 Å². The van der Waals surface area contributed by atoms with Crippen LogP contribution in [0.3, 0.4) is 0 Å². The van der Waals surface area contributed by atoms with Crippen molar-refractivity contribution in [1.82, 2.24) is 0 Å². The molecule has 0 saturated carbocycles. The average molecular weight is 316 g/mol. The van der Waals surface area contributed by atoms with Gasteiger partial charge >= 0.3 is 5.97 Å². The van der Waals surface area contributed by atoms with Gasteiger partial charge in [-0.1, -0.05) is 30.3 Å². The van der Waals surface area contributed by atoms with E-state index in [1.54, 1.807) is 0 Å². The summed E-state index contributed by atoms with van der Waals surface area (Å²) >= 11 is 1.06. The Kier molecular flexibility index (Phi) is 6.84. The van der Waals surface area contributed by atoms with E-state index in [9.17, 15) is 4.79 Å². The first kappa shape index (κ1) is 16.4. The van der Waals surface area contributed by atoms with Crippen LogP contribution in [0.1, 0.15) is 25.3 Å². The van der Waals surface area contributed by atoms with Crippen molar-refractivity contribution in [3.05, 3.63) is 60.2 Å². The minimum Gasteiger partial charge on any atom is -0.494 e. The number of rotatable bonds is 8. The SMILES string of the molecule is CC(=O)OSc1ccc(OCCCCc2ccccc2)cc1. The summed E-state index contributed by atoms with van der Waals surface area (Å²) < 4.78 is 10.6. The molecule has 116 valence electrons. The summed E-state index contributed by atoms with van der Waals surface area (Å²) in [6.45, 7) is 2.10. The van der Waals surface area contributed by atoms with Crippen molar-refractivity contribution in [2.75, 3.05) is 6.61 Å². The highest BCUT2D eigenvalue weighted by Crippen LogP contribution is 2.22. The van der Waals surface area contributed by atoms with Crippen LogP contribution < -0.4 is 4.74 Å². The summed E-state index contributed by atoms with van der Waals surface area (Å²) in [7, 11) is 0. The van der Waals surface area contributed by atoms with Crippen molar-refractivity contribution in [1.29, 1.82) is 0 Å². The number of hydrogen-bond acceptors (Lipinski definition) is 4. The van der Waals surface area contributed by atoms with E-state index in [0.29, 0.717) is 6.61 Å². The average Bonchev–Trinajstić information content (AvgIpc) is 2.54. The monoisotopic (exact) mass is 316 g/mol. The van der Waals surface area contributed by atoms with Crippen LogP contribution in [0.2, 0.25) is 0 Å². The largest absolute Gasteiger partial charge is 0.494 e. The Balaban J connectivity index is 1.63. The molecular formula is C18H20O3S. The smallest absolute Gasteiger partial charge is 0.315 e. The molecule has 0 N–H and O–H groups in total. The van der Waals surface area contributed by atoms with Crippen LogP contribution >= 0.6 is 12.0 Å². The van der Waals surface area contributed by atoms with Crippen LogP contribution in [0.4, 0.5) is 0 Å². The lowest BCUT2D eigenvalue weighted by Gasteiger charge is -2.07. The van der Waals surface area contributed by atoms with Gasteiger partial charge in [0, 0.05) is 11.8 Å². The first-order chi connectivity index (χ1) is 10.7. The summed E-state index contributed by atoms with van der Waals surface area (Å²) in [6.07, 6.45) is 3.23. The standard InChI is InChI=1S/C18H20O3S/c1-15(19)21-22-18-12-10-17(11-13-18)20-14-6-5-9-16-7-3-2-4-8-16/h2-4,7-8,10-13H,5-6,9,14H2,1H3. The molecule has 3 nitrogen and oxygen atoms in total. The van der Waals surface area contributed by atoms with Gasteiger partial charge in [0.15, 0.2) is 0 Å². The first-order valence-corrected chi connectivity index (χ1v) is 8.10. The van der Waals surface area contributed by atoms with E-state index in [2.05, 4.69) is 24.3 Å². The van der Waals surface area contributed by atoms with Gasteiger partial charge in [0.05, 0.1) is 18.6 Å². The maximum absolute atomic E-state index is 10.7. The molecule has 0 amide bonds. The van der Waals surface area contributed by atoms with Crippen LogP contribution in [0.15, 0.2) is 59.5 Å². The number of unbranched alkanes of at least 4 members (excludes halogenated alkanes) is 1. The van der Waals surface area contributed by atoms with E-state index in [-0.39, 0.29) is 5.97 Å². The number of carbonyl (C=O) groups is 1. The summed E-state index contributed by atoms with van der Waals surface area (Å²) in [5, 5.41) is 0. The van der Waals surface area contributed by atoms with Crippen molar-refractivity contribution < 1.29 is 13.7 Å². The lowest BCUT2D eigenvalue weighted by atomic mass is 10.1. The normalized spacial score (nSPS) is 10.2. The van der Waals surface area contributed by atoms with Gasteiger partial charge in [-0.25, -0.2) is 0 Å². The summed E-state index contributed by atoms with van der Waals surface area (Å²) in [5.74, 6) is 0.538. The molecule has 4 heteroatoms. The molecular weight excluding hydrogens is 296 g/mol. The second-order valence-corrected chi connectivity index (χ2v) is 5.73. The fourth-order valence-electron chi connectivity index (χ4n) is 1.96. The number of hydrogen-bond donors (Lipinski definition) is 0. The quantitative estimate of drug-likeness (QED) is 0.524.